The number of hydrogen-bond donors (Lipinski definition) is 1. The standard InChI is InChI=1S/C11H10N4/c1-15-8-5-3-2-4-7(8)9-10(15)11(12)14-6-13-9/h2-6H,1H3,(H2,12,13,14). The molecule has 74 valence electrons. The Morgan fingerprint density at radius 3 is 2.87 bits per heavy atom. The van der Waals surface area contributed by atoms with Crippen LogP contribution in [0.25, 0.3) is 21.9 Å². The van der Waals surface area contributed by atoms with Crippen molar-refractivity contribution in [3.05, 3.63) is 30.6 Å². The Morgan fingerprint density at radius 1 is 1.20 bits per heavy atom. The highest BCUT2D eigenvalue weighted by atomic mass is 15.0. The molecule has 0 fully saturated rings. The molecular weight excluding hydrogens is 188 g/mol. The van der Waals surface area contributed by atoms with Crippen LogP contribution >= 0.6 is 0 Å². The predicted molar refractivity (Wildman–Crippen MR) is 60.4 cm³/mol. The van der Waals surface area contributed by atoms with Crippen LogP contribution in [0, 0.1) is 0 Å². The van der Waals surface area contributed by atoms with Crippen molar-refractivity contribution in [3.8, 4) is 0 Å². The Bertz CT molecular complexity index is 654. The van der Waals surface area contributed by atoms with Gasteiger partial charge in [-0.15, -0.1) is 0 Å². The van der Waals surface area contributed by atoms with Crippen molar-refractivity contribution in [1.29, 1.82) is 0 Å². The minimum absolute atomic E-state index is 0.527. The van der Waals surface area contributed by atoms with E-state index >= 15 is 0 Å². The quantitative estimate of drug-likeness (QED) is 0.598. The van der Waals surface area contributed by atoms with E-state index in [4.69, 9.17) is 5.73 Å². The fourth-order valence-electron chi connectivity index (χ4n) is 2.01. The van der Waals surface area contributed by atoms with E-state index in [2.05, 4.69) is 16.0 Å². The van der Waals surface area contributed by atoms with Crippen LogP contribution in [-0.2, 0) is 7.05 Å². The predicted octanol–water partition coefficient (Wildman–Crippen LogP) is 1.70. The normalized spacial score (nSPS) is 11.3. The molecule has 3 rings (SSSR count). The molecule has 0 saturated heterocycles. The van der Waals surface area contributed by atoms with Crippen molar-refractivity contribution >= 4 is 27.8 Å². The van der Waals surface area contributed by atoms with Crippen molar-refractivity contribution in [2.45, 2.75) is 0 Å². The smallest absolute Gasteiger partial charge is 0.151 e. The van der Waals surface area contributed by atoms with Gasteiger partial charge in [0, 0.05) is 12.4 Å². The lowest BCUT2D eigenvalue weighted by Gasteiger charge is -1.98. The average Bonchev–Trinajstić information content (AvgIpc) is 2.55. The molecule has 0 radical (unpaired) electrons. The largest absolute Gasteiger partial charge is 0.382 e. The lowest BCUT2D eigenvalue weighted by Crippen LogP contribution is -1.96. The van der Waals surface area contributed by atoms with Gasteiger partial charge in [0.05, 0.1) is 5.52 Å². The van der Waals surface area contributed by atoms with Crippen molar-refractivity contribution in [2.75, 3.05) is 5.73 Å². The van der Waals surface area contributed by atoms with Crippen LogP contribution in [0.1, 0.15) is 0 Å². The van der Waals surface area contributed by atoms with Crippen LogP contribution in [0.3, 0.4) is 0 Å². The summed E-state index contributed by atoms with van der Waals surface area (Å²) >= 11 is 0. The van der Waals surface area contributed by atoms with Gasteiger partial charge in [0.15, 0.2) is 5.82 Å². The van der Waals surface area contributed by atoms with E-state index < -0.39 is 0 Å². The molecule has 0 amide bonds. The highest BCUT2D eigenvalue weighted by molar-refractivity contribution is 6.08. The van der Waals surface area contributed by atoms with E-state index in [1.165, 1.54) is 6.33 Å². The van der Waals surface area contributed by atoms with Gasteiger partial charge in [-0.1, -0.05) is 18.2 Å². The topological polar surface area (TPSA) is 56.7 Å². The second-order valence-electron chi connectivity index (χ2n) is 3.53. The maximum atomic E-state index is 5.85. The van der Waals surface area contributed by atoms with E-state index in [-0.39, 0.29) is 0 Å². The molecule has 4 nitrogen and oxygen atoms in total. The lowest BCUT2D eigenvalue weighted by atomic mass is 10.2. The molecule has 0 spiro atoms. The van der Waals surface area contributed by atoms with Crippen LogP contribution in [-0.4, -0.2) is 14.5 Å². The summed E-state index contributed by atoms with van der Waals surface area (Å²) in [6, 6.07) is 8.10. The molecule has 15 heavy (non-hydrogen) atoms. The Kier molecular flexibility index (Phi) is 1.48. The van der Waals surface area contributed by atoms with Crippen LogP contribution in [0.15, 0.2) is 30.6 Å². The molecular formula is C11H10N4. The van der Waals surface area contributed by atoms with E-state index in [9.17, 15) is 0 Å². The van der Waals surface area contributed by atoms with Crippen LogP contribution in [0.5, 0.6) is 0 Å². The number of rotatable bonds is 0. The molecule has 0 saturated carbocycles. The summed E-state index contributed by atoms with van der Waals surface area (Å²) in [6.45, 7) is 0. The minimum atomic E-state index is 0.527. The van der Waals surface area contributed by atoms with Gasteiger partial charge in [-0.2, -0.15) is 0 Å². The number of para-hydroxylation sites is 1. The third-order valence-corrected chi connectivity index (χ3v) is 2.71. The van der Waals surface area contributed by atoms with Crippen molar-refractivity contribution < 1.29 is 0 Å². The molecule has 0 aliphatic carbocycles. The maximum absolute atomic E-state index is 5.85. The summed E-state index contributed by atoms with van der Waals surface area (Å²) < 4.78 is 2.03. The Morgan fingerprint density at radius 2 is 2.00 bits per heavy atom. The van der Waals surface area contributed by atoms with E-state index in [0.29, 0.717) is 5.82 Å². The third-order valence-electron chi connectivity index (χ3n) is 2.71. The number of aromatic nitrogens is 3. The molecule has 0 aliphatic rings. The summed E-state index contributed by atoms with van der Waals surface area (Å²) in [5.41, 5.74) is 8.79. The molecule has 2 heterocycles. The number of benzene rings is 1. The molecule has 3 aromatic rings. The molecule has 2 aromatic heterocycles. The summed E-state index contributed by atoms with van der Waals surface area (Å²) in [7, 11) is 1.98. The summed E-state index contributed by atoms with van der Waals surface area (Å²) in [6.07, 6.45) is 1.50. The second-order valence-corrected chi connectivity index (χ2v) is 3.53. The SMILES string of the molecule is Cn1c2ccccc2c2ncnc(N)c21. The number of fused-ring (bicyclic) bond motifs is 3. The maximum Gasteiger partial charge on any atom is 0.151 e. The van der Waals surface area contributed by atoms with Gasteiger partial charge in [-0.05, 0) is 6.07 Å². The molecule has 0 bridgehead atoms. The summed E-state index contributed by atoms with van der Waals surface area (Å²) in [4.78, 5) is 8.29. The highest BCUT2D eigenvalue weighted by Gasteiger charge is 2.10. The zero-order valence-electron chi connectivity index (χ0n) is 8.31. The second kappa shape index (κ2) is 2.70. The first-order valence-electron chi connectivity index (χ1n) is 4.72. The van der Waals surface area contributed by atoms with E-state index in [1.807, 2.05) is 29.8 Å². The molecule has 0 atom stereocenters. The monoisotopic (exact) mass is 198 g/mol. The van der Waals surface area contributed by atoms with Crippen molar-refractivity contribution in [2.24, 2.45) is 7.05 Å². The fourth-order valence-corrected chi connectivity index (χ4v) is 2.01. The summed E-state index contributed by atoms with van der Waals surface area (Å²) in [5, 5.41) is 1.11. The van der Waals surface area contributed by atoms with Gasteiger partial charge >= 0.3 is 0 Å². The Hall–Kier alpha value is -2.10. The Labute approximate surface area is 86.4 Å². The number of aryl methyl sites for hydroxylation is 1. The molecule has 0 unspecified atom stereocenters. The summed E-state index contributed by atoms with van der Waals surface area (Å²) in [5.74, 6) is 0.527. The van der Waals surface area contributed by atoms with Crippen LogP contribution < -0.4 is 5.73 Å². The third kappa shape index (κ3) is 0.958. The van der Waals surface area contributed by atoms with Crippen molar-refractivity contribution in [3.63, 3.8) is 0 Å². The Balaban J connectivity index is 2.69. The minimum Gasteiger partial charge on any atom is -0.382 e. The van der Waals surface area contributed by atoms with Crippen molar-refractivity contribution in [1.82, 2.24) is 14.5 Å². The molecule has 0 aliphatic heterocycles. The molecule has 2 N–H and O–H groups in total. The first kappa shape index (κ1) is 8.23. The van der Waals surface area contributed by atoms with Gasteiger partial charge in [0.1, 0.15) is 17.4 Å². The molecule has 1 aromatic carbocycles. The van der Waals surface area contributed by atoms with Gasteiger partial charge < -0.3 is 10.3 Å². The van der Waals surface area contributed by atoms with Crippen LogP contribution in [0.4, 0.5) is 5.82 Å². The number of hydrogen-bond acceptors (Lipinski definition) is 3. The number of nitrogen functional groups attached to an aromatic ring is 1. The van der Waals surface area contributed by atoms with Gasteiger partial charge in [-0.25, -0.2) is 9.97 Å². The van der Waals surface area contributed by atoms with Gasteiger partial charge in [0.25, 0.3) is 0 Å². The van der Waals surface area contributed by atoms with Gasteiger partial charge in [0.2, 0.25) is 0 Å². The van der Waals surface area contributed by atoms with E-state index in [0.717, 1.165) is 21.9 Å². The zero-order chi connectivity index (χ0) is 10.4. The zero-order valence-corrected chi connectivity index (χ0v) is 8.31. The first-order chi connectivity index (χ1) is 7.29. The fraction of sp³-hybridized carbons (Fsp3) is 0.0909. The number of nitrogens with two attached hydrogens (primary N) is 1. The lowest BCUT2D eigenvalue weighted by molar-refractivity contribution is 1.01. The molecule has 4 heteroatoms. The van der Waals surface area contributed by atoms with E-state index in [1.54, 1.807) is 0 Å². The number of nitrogens with zero attached hydrogens (tertiary/aromatic N) is 3. The number of anilines is 1. The average molecular weight is 198 g/mol. The first-order valence-corrected chi connectivity index (χ1v) is 4.72. The van der Waals surface area contributed by atoms with Gasteiger partial charge in [-0.3, -0.25) is 0 Å². The van der Waals surface area contributed by atoms with Crippen LogP contribution in [0.2, 0.25) is 0 Å². The highest BCUT2D eigenvalue weighted by Crippen LogP contribution is 2.28.